The standard InChI is InChI=1S/C12H21N3O3/c1-8-10(4-7-18-8)12(16)15-5-2-9(3-6-15)11(13)14-17/h8-10,17H,2-7H2,1H3,(H2,13,14). The van der Waals surface area contributed by atoms with Gasteiger partial charge in [-0.1, -0.05) is 5.16 Å². The van der Waals surface area contributed by atoms with E-state index in [4.69, 9.17) is 15.7 Å². The summed E-state index contributed by atoms with van der Waals surface area (Å²) in [4.78, 5) is 14.2. The van der Waals surface area contributed by atoms with E-state index in [1.165, 1.54) is 0 Å². The van der Waals surface area contributed by atoms with Crippen molar-refractivity contribution in [3.8, 4) is 0 Å². The summed E-state index contributed by atoms with van der Waals surface area (Å²) in [7, 11) is 0. The fraction of sp³-hybridized carbons (Fsp3) is 0.833. The molecule has 2 heterocycles. The molecule has 6 heteroatoms. The third kappa shape index (κ3) is 2.58. The molecule has 1 amide bonds. The highest BCUT2D eigenvalue weighted by atomic mass is 16.5. The largest absolute Gasteiger partial charge is 0.409 e. The molecule has 3 N–H and O–H groups in total. The van der Waals surface area contributed by atoms with Crippen LogP contribution in [0.5, 0.6) is 0 Å². The summed E-state index contributed by atoms with van der Waals surface area (Å²) in [5.41, 5.74) is 5.59. The Hall–Kier alpha value is -1.30. The number of carbonyl (C=O) groups excluding carboxylic acids is 1. The molecule has 0 saturated carbocycles. The number of hydrogen-bond donors (Lipinski definition) is 2. The molecule has 2 aliphatic rings. The zero-order valence-corrected chi connectivity index (χ0v) is 10.7. The molecule has 0 aromatic heterocycles. The molecule has 2 rings (SSSR count). The predicted molar refractivity (Wildman–Crippen MR) is 66.2 cm³/mol. The van der Waals surface area contributed by atoms with E-state index in [0.717, 1.165) is 19.3 Å². The molecule has 102 valence electrons. The highest BCUT2D eigenvalue weighted by Crippen LogP contribution is 2.25. The van der Waals surface area contributed by atoms with Crippen LogP contribution < -0.4 is 5.73 Å². The first kappa shape index (κ1) is 13.1. The SMILES string of the molecule is CC1OCCC1C(=O)N1CCC(C(N)=NO)CC1. The molecule has 0 radical (unpaired) electrons. The van der Waals surface area contributed by atoms with Gasteiger partial charge in [0.15, 0.2) is 0 Å². The average molecular weight is 255 g/mol. The van der Waals surface area contributed by atoms with Gasteiger partial charge < -0.3 is 20.6 Å². The van der Waals surface area contributed by atoms with Gasteiger partial charge in [0.2, 0.25) is 5.91 Å². The average Bonchev–Trinajstić information content (AvgIpc) is 2.83. The third-order valence-electron chi connectivity index (χ3n) is 4.03. The maximum absolute atomic E-state index is 12.3. The van der Waals surface area contributed by atoms with Crippen LogP contribution in [-0.4, -0.2) is 47.7 Å². The Labute approximate surface area is 107 Å². The van der Waals surface area contributed by atoms with Crippen molar-refractivity contribution >= 4 is 11.7 Å². The zero-order chi connectivity index (χ0) is 13.1. The van der Waals surface area contributed by atoms with Gasteiger partial charge in [0.1, 0.15) is 5.84 Å². The maximum Gasteiger partial charge on any atom is 0.228 e. The molecule has 0 aromatic rings. The molecule has 2 unspecified atom stereocenters. The Bertz CT molecular complexity index is 337. The van der Waals surface area contributed by atoms with Gasteiger partial charge in [-0.3, -0.25) is 4.79 Å². The number of likely N-dealkylation sites (tertiary alicyclic amines) is 1. The summed E-state index contributed by atoms with van der Waals surface area (Å²) >= 11 is 0. The second-order valence-electron chi connectivity index (χ2n) is 5.10. The number of piperidine rings is 1. The van der Waals surface area contributed by atoms with E-state index >= 15 is 0 Å². The molecular weight excluding hydrogens is 234 g/mol. The number of nitrogens with zero attached hydrogens (tertiary/aromatic N) is 2. The summed E-state index contributed by atoms with van der Waals surface area (Å²) in [6.45, 7) is 4.00. The van der Waals surface area contributed by atoms with E-state index in [0.29, 0.717) is 19.7 Å². The van der Waals surface area contributed by atoms with Gasteiger partial charge >= 0.3 is 0 Å². The number of amides is 1. The summed E-state index contributed by atoms with van der Waals surface area (Å²) in [6, 6.07) is 0. The lowest BCUT2D eigenvalue weighted by molar-refractivity contribution is -0.138. The maximum atomic E-state index is 12.3. The minimum absolute atomic E-state index is 0.00501. The van der Waals surface area contributed by atoms with E-state index in [1.807, 2.05) is 11.8 Å². The number of oxime groups is 1. The first-order valence-electron chi connectivity index (χ1n) is 6.51. The van der Waals surface area contributed by atoms with Crippen LogP contribution in [0.4, 0.5) is 0 Å². The van der Waals surface area contributed by atoms with Crippen LogP contribution in [0.3, 0.4) is 0 Å². The van der Waals surface area contributed by atoms with Gasteiger partial charge in [0.25, 0.3) is 0 Å². The van der Waals surface area contributed by atoms with Crippen molar-refractivity contribution in [2.75, 3.05) is 19.7 Å². The lowest BCUT2D eigenvalue weighted by Gasteiger charge is -2.33. The van der Waals surface area contributed by atoms with Crippen LogP contribution in [0.15, 0.2) is 5.16 Å². The van der Waals surface area contributed by atoms with Crippen LogP contribution >= 0.6 is 0 Å². The first-order chi connectivity index (χ1) is 8.63. The molecule has 2 aliphatic heterocycles. The molecule has 2 saturated heterocycles. The van der Waals surface area contributed by atoms with Crippen LogP contribution in [0.2, 0.25) is 0 Å². The third-order valence-corrected chi connectivity index (χ3v) is 4.03. The van der Waals surface area contributed by atoms with Gasteiger partial charge in [0.05, 0.1) is 12.0 Å². The van der Waals surface area contributed by atoms with Crippen molar-refractivity contribution in [3.05, 3.63) is 0 Å². The van der Waals surface area contributed by atoms with E-state index in [1.54, 1.807) is 0 Å². The molecule has 6 nitrogen and oxygen atoms in total. The van der Waals surface area contributed by atoms with Crippen LogP contribution in [0, 0.1) is 11.8 Å². The van der Waals surface area contributed by atoms with Crippen molar-refractivity contribution in [1.82, 2.24) is 4.90 Å². The van der Waals surface area contributed by atoms with Crippen molar-refractivity contribution in [2.24, 2.45) is 22.7 Å². The number of hydrogen-bond acceptors (Lipinski definition) is 4. The summed E-state index contributed by atoms with van der Waals surface area (Å²) in [5, 5.41) is 11.7. The van der Waals surface area contributed by atoms with Crippen LogP contribution in [-0.2, 0) is 9.53 Å². The van der Waals surface area contributed by atoms with Crippen LogP contribution in [0.1, 0.15) is 26.2 Å². The molecule has 2 fully saturated rings. The van der Waals surface area contributed by atoms with E-state index < -0.39 is 0 Å². The van der Waals surface area contributed by atoms with Gasteiger partial charge in [-0.15, -0.1) is 0 Å². The first-order valence-corrected chi connectivity index (χ1v) is 6.51. The zero-order valence-electron chi connectivity index (χ0n) is 10.7. The molecule has 18 heavy (non-hydrogen) atoms. The number of amidine groups is 1. The highest BCUT2D eigenvalue weighted by molar-refractivity contribution is 5.83. The molecule has 2 atom stereocenters. The van der Waals surface area contributed by atoms with Crippen molar-refractivity contribution in [2.45, 2.75) is 32.3 Å². The van der Waals surface area contributed by atoms with E-state index in [2.05, 4.69) is 5.16 Å². The summed E-state index contributed by atoms with van der Waals surface area (Å²) in [6.07, 6.45) is 2.38. The number of carbonyl (C=O) groups is 1. The van der Waals surface area contributed by atoms with Crippen molar-refractivity contribution < 1.29 is 14.7 Å². The van der Waals surface area contributed by atoms with Crippen LogP contribution in [0.25, 0.3) is 0 Å². The summed E-state index contributed by atoms with van der Waals surface area (Å²) in [5.74, 6) is 0.569. The molecule has 0 aromatic carbocycles. The minimum Gasteiger partial charge on any atom is -0.409 e. The Kier molecular flexibility index (Phi) is 4.06. The monoisotopic (exact) mass is 255 g/mol. The molecule has 0 aliphatic carbocycles. The lowest BCUT2D eigenvalue weighted by atomic mass is 9.93. The number of nitrogens with two attached hydrogens (primary N) is 1. The predicted octanol–water partition coefficient (Wildman–Crippen LogP) is 0.396. The Morgan fingerprint density at radius 2 is 2.06 bits per heavy atom. The Balaban J connectivity index is 1.88. The second kappa shape index (κ2) is 5.56. The minimum atomic E-state index is 0.00501. The van der Waals surface area contributed by atoms with Gasteiger partial charge in [-0.2, -0.15) is 0 Å². The molecule has 0 bridgehead atoms. The fourth-order valence-electron chi connectivity index (χ4n) is 2.77. The number of rotatable bonds is 2. The smallest absolute Gasteiger partial charge is 0.228 e. The van der Waals surface area contributed by atoms with Gasteiger partial charge in [-0.05, 0) is 26.2 Å². The fourth-order valence-corrected chi connectivity index (χ4v) is 2.77. The van der Waals surface area contributed by atoms with E-state index in [9.17, 15) is 4.79 Å². The topological polar surface area (TPSA) is 88.2 Å². The number of ether oxygens (including phenoxy) is 1. The Morgan fingerprint density at radius 3 is 2.56 bits per heavy atom. The van der Waals surface area contributed by atoms with E-state index in [-0.39, 0.29) is 29.7 Å². The Morgan fingerprint density at radius 1 is 1.39 bits per heavy atom. The van der Waals surface area contributed by atoms with Crippen molar-refractivity contribution in [3.63, 3.8) is 0 Å². The quantitative estimate of drug-likeness (QED) is 0.323. The van der Waals surface area contributed by atoms with Gasteiger partial charge in [0, 0.05) is 25.6 Å². The molecule has 0 spiro atoms. The lowest BCUT2D eigenvalue weighted by Crippen LogP contribution is -2.45. The summed E-state index contributed by atoms with van der Waals surface area (Å²) < 4.78 is 5.43. The second-order valence-corrected chi connectivity index (χ2v) is 5.10. The van der Waals surface area contributed by atoms with Gasteiger partial charge in [-0.25, -0.2) is 0 Å². The highest BCUT2D eigenvalue weighted by Gasteiger charge is 2.35. The van der Waals surface area contributed by atoms with Crippen molar-refractivity contribution in [1.29, 1.82) is 0 Å². The normalized spacial score (nSPS) is 30.7. The molecular formula is C12H21N3O3.